The van der Waals surface area contributed by atoms with E-state index in [1.807, 2.05) is 43.0 Å². The normalized spacial score (nSPS) is 15.7. The number of hydrogen-bond donors (Lipinski definition) is 1. The summed E-state index contributed by atoms with van der Waals surface area (Å²) in [6.07, 6.45) is 2.08. The summed E-state index contributed by atoms with van der Waals surface area (Å²) in [6.45, 7) is 7.11. The zero-order valence-electron chi connectivity index (χ0n) is 19.3. The molecule has 4 rings (SSSR count). The second-order valence-electron chi connectivity index (χ2n) is 8.41. The van der Waals surface area contributed by atoms with Crippen LogP contribution in [0.5, 0.6) is 0 Å². The Kier molecular flexibility index (Phi) is 6.62. The van der Waals surface area contributed by atoms with Gasteiger partial charge in [0.15, 0.2) is 5.82 Å². The molecule has 176 valence electrons. The van der Waals surface area contributed by atoms with Gasteiger partial charge in [0, 0.05) is 19.1 Å². The van der Waals surface area contributed by atoms with Gasteiger partial charge in [-0.05, 0) is 45.2 Å². The summed E-state index contributed by atoms with van der Waals surface area (Å²) in [5, 5.41) is 7.38. The number of esters is 1. The maximum Gasteiger partial charge on any atom is 0.351 e. The Morgan fingerprint density at radius 2 is 1.94 bits per heavy atom. The van der Waals surface area contributed by atoms with Gasteiger partial charge in [-0.15, -0.1) is 5.10 Å². The largest absolute Gasteiger partial charge is 0.466 e. The number of ether oxygens (including phenoxy) is 1. The second kappa shape index (κ2) is 9.60. The fourth-order valence-corrected chi connectivity index (χ4v) is 4.14. The molecule has 2 aromatic heterocycles. The predicted octanol–water partition coefficient (Wildman–Crippen LogP) is 1.74. The van der Waals surface area contributed by atoms with Crippen LogP contribution in [0.2, 0.25) is 0 Å². The molecule has 3 heterocycles. The Hall–Kier alpha value is -3.43. The maximum atomic E-state index is 13.3. The summed E-state index contributed by atoms with van der Waals surface area (Å²) >= 11 is 0. The van der Waals surface area contributed by atoms with Crippen molar-refractivity contribution in [2.24, 2.45) is 5.92 Å². The van der Waals surface area contributed by atoms with Crippen LogP contribution in [0.15, 0.2) is 29.1 Å². The van der Waals surface area contributed by atoms with Crippen molar-refractivity contribution in [2.75, 3.05) is 24.6 Å². The van der Waals surface area contributed by atoms with E-state index >= 15 is 0 Å². The minimum absolute atomic E-state index is 0.0176. The van der Waals surface area contributed by atoms with Gasteiger partial charge in [0.25, 0.3) is 0 Å². The average molecular weight is 455 g/mol. The van der Waals surface area contributed by atoms with E-state index in [1.165, 1.54) is 9.08 Å². The molecule has 1 atom stereocenters. The first-order valence-corrected chi connectivity index (χ1v) is 11.5. The lowest BCUT2D eigenvalue weighted by Crippen LogP contribution is -2.37. The van der Waals surface area contributed by atoms with E-state index in [0.717, 1.165) is 6.42 Å². The van der Waals surface area contributed by atoms with Gasteiger partial charge in [-0.1, -0.05) is 19.1 Å². The lowest BCUT2D eigenvalue weighted by molar-refractivity contribution is -0.148. The van der Waals surface area contributed by atoms with Crippen molar-refractivity contribution in [1.29, 1.82) is 0 Å². The van der Waals surface area contributed by atoms with Crippen molar-refractivity contribution >= 4 is 34.4 Å². The number of rotatable bonds is 7. The monoisotopic (exact) mass is 454 g/mol. The molecule has 0 saturated carbocycles. The lowest BCUT2D eigenvalue weighted by Gasteiger charge is -2.31. The number of carbonyl (C=O) groups excluding carboxylic acids is 2. The van der Waals surface area contributed by atoms with Crippen molar-refractivity contribution in [1.82, 2.24) is 24.5 Å². The number of nitrogens with zero attached hydrogens (tertiary/aromatic N) is 5. The molecule has 10 nitrogen and oxygen atoms in total. The van der Waals surface area contributed by atoms with Crippen molar-refractivity contribution < 1.29 is 14.3 Å². The second-order valence-corrected chi connectivity index (χ2v) is 8.41. The van der Waals surface area contributed by atoms with Crippen LogP contribution in [0.25, 0.3) is 16.7 Å². The fraction of sp³-hybridized carbons (Fsp3) is 0.522. The van der Waals surface area contributed by atoms with Crippen LogP contribution < -0.4 is 15.9 Å². The van der Waals surface area contributed by atoms with Gasteiger partial charge in [-0.3, -0.25) is 9.59 Å². The van der Waals surface area contributed by atoms with E-state index in [1.54, 1.807) is 6.92 Å². The zero-order valence-corrected chi connectivity index (χ0v) is 19.3. The number of fused-ring (bicyclic) bond motifs is 3. The fourth-order valence-electron chi connectivity index (χ4n) is 4.14. The van der Waals surface area contributed by atoms with Crippen LogP contribution in [0, 0.1) is 5.92 Å². The van der Waals surface area contributed by atoms with Gasteiger partial charge in [0.1, 0.15) is 6.54 Å². The number of amides is 1. The molecule has 10 heteroatoms. The molecule has 33 heavy (non-hydrogen) atoms. The topological polar surface area (TPSA) is 111 Å². The van der Waals surface area contributed by atoms with Crippen molar-refractivity contribution in [3.05, 3.63) is 34.7 Å². The average Bonchev–Trinajstić information content (AvgIpc) is 3.14. The van der Waals surface area contributed by atoms with Crippen molar-refractivity contribution in [3.63, 3.8) is 0 Å². The molecule has 3 aromatic rings. The number of benzene rings is 1. The molecule has 1 aliphatic heterocycles. The Morgan fingerprint density at radius 3 is 2.64 bits per heavy atom. The van der Waals surface area contributed by atoms with E-state index in [2.05, 4.69) is 10.4 Å². The van der Waals surface area contributed by atoms with Gasteiger partial charge >= 0.3 is 11.7 Å². The molecule has 1 aliphatic rings. The van der Waals surface area contributed by atoms with E-state index in [0.29, 0.717) is 55.0 Å². The predicted molar refractivity (Wildman–Crippen MR) is 124 cm³/mol. The Morgan fingerprint density at radius 1 is 1.21 bits per heavy atom. The molecule has 0 aliphatic carbocycles. The van der Waals surface area contributed by atoms with Crippen LogP contribution in [0.4, 0.5) is 5.82 Å². The molecule has 1 saturated heterocycles. The standard InChI is InChI=1S/C23H30N6O4/c1-4-15(3)24-19(30)14-28-23(32)29-18-9-7-6-8-17(18)25-20(21(29)26-28)27-12-10-16(11-13-27)22(31)33-5-2/h6-9,15-16H,4-5,10-14H2,1-3H3,(H,24,30). The third kappa shape index (κ3) is 4.55. The molecular weight excluding hydrogens is 424 g/mol. The molecular formula is C23H30N6O4. The third-order valence-electron chi connectivity index (χ3n) is 6.12. The highest BCUT2D eigenvalue weighted by Crippen LogP contribution is 2.27. The number of carbonyl (C=O) groups is 2. The van der Waals surface area contributed by atoms with Gasteiger partial charge in [0.2, 0.25) is 11.6 Å². The molecule has 1 unspecified atom stereocenters. The van der Waals surface area contributed by atoms with Crippen molar-refractivity contribution in [3.8, 4) is 0 Å². The van der Waals surface area contributed by atoms with Gasteiger partial charge in [-0.25, -0.2) is 18.9 Å². The van der Waals surface area contributed by atoms with Crippen LogP contribution in [0.1, 0.15) is 40.0 Å². The minimum Gasteiger partial charge on any atom is -0.466 e. The number of hydrogen-bond acceptors (Lipinski definition) is 7. The van der Waals surface area contributed by atoms with Crippen LogP contribution in [0.3, 0.4) is 0 Å². The number of nitrogens with one attached hydrogen (secondary N) is 1. The molecule has 0 spiro atoms. The van der Waals surface area contributed by atoms with E-state index in [-0.39, 0.29) is 36.1 Å². The van der Waals surface area contributed by atoms with Crippen molar-refractivity contribution in [2.45, 2.75) is 52.6 Å². The highest BCUT2D eigenvalue weighted by atomic mass is 16.5. The molecule has 1 fully saturated rings. The summed E-state index contributed by atoms with van der Waals surface area (Å²) in [6, 6.07) is 7.39. The number of piperidine rings is 1. The van der Waals surface area contributed by atoms with Gasteiger partial charge in [-0.2, -0.15) is 0 Å². The maximum absolute atomic E-state index is 13.3. The molecule has 0 bridgehead atoms. The first-order valence-electron chi connectivity index (χ1n) is 11.5. The molecule has 0 radical (unpaired) electrons. The van der Waals surface area contributed by atoms with Crippen LogP contribution >= 0.6 is 0 Å². The number of aromatic nitrogens is 4. The van der Waals surface area contributed by atoms with Crippen LogP contribution in [-0.2, 0) is 20.9 Å². The minimum atomic E-state index is -0.384. The first kappa shape index (κ1) is 22.8. The van der Waals surface area contributed by atoms with Gasteiger partial charge < -0.3 is 15.0 Å². The van der Waals surface area contributed by atoms with E-state index in [9.17, 15) is 14.4 Å². The molecule has 1 amide bonds. The molecule has 1 N–H and O–H groups in total. The van der Waals surface area contributed by atoms with E-state index < -0.39 is 0 Å². The summed E-state index contributed by atoms with van der Waals surface area (Å²) in [4.78, 5) is 44.7. The quantitative estimate of drug-likeness (QED) is 0.541. The summed E-state index contributed by atoms with van der Waals surface area (Å²) < 4.78 is 7.88. The van der Waals surface area contributed by atoms with Gasteiger partial charge in [0.05, 0.1) is 23.6 Å². The zero-order chi connectivity index (χ0) is 23.5. The highest BCUT2D eigenvalue weighted by molar-refractivity contribution is 5.83. The van der Waals surface area contributed by atoms with E-state index in [4.69, 9.17) is 9.72 Å². The Bertz CT molecular complexity index is 1220. The molecule has 1 aromatic carbocycles. The summed E-state index contributed by atoms with van der Waals surface area (Å²) in [5.74, 6) is 0.0152. The SMILES string of the molecule is CCOC(=O)C1CCN(c2nc3ccccc3n3c(=O)n(CC(=O)NC(C)CC)nc23)CC1. The highest BCUT2D eigenvalue weighted by Gasteiger charge is 2.29. The lowest BCUT2D eigenvalue weighted by atomic mass is 9.97. The number of anilines is 1. The Labute approximate surface area is 191 Å². The smallest absolute Gasteiger partial charge is 0.351 e. The first-order chi connectivity index (χ1) is 15.9. The summed E-state index contributed by atoms with van der Waals surface area (Å²) in [7, 11) is 0. The number of para-hydroxylation sites is 2. The third-order valence-corrected chi connectivity index (χ3v) is 6.12. The van der Waals surface area contributed by atoms with Crippen LogP contribution in [-0.4, -0.2) is 56.8 Å². The Balaban J connectivity index is 1.70. The summed E-state index contributed by atoms with van der Waals surface area (Å²) in [5.41, 5.74) is 1.32.